The van der Waals surface area contributed by atoms with E-state index in [4.69, 9.17) is 0 Å². The average Bonchev–Trinajstić information content (AvgIpc) is 0.834. The van der Waals surface area contributed by atoms with E-state index in [1.807, 2.05) is 128 Å². The summed E-state index contributed by atoms with van der Waals surface area (Å²) in [5.74, 6) is -12.7. The van der Waals surface area contributed by atoms with Gasteiger partial charge in [0.2, 0.25) is 0 Å². The second kappa shape index (κ2) is 44.4. The standard InChI is InChI=1S/2C10H11F3.5C10H12F2.2C10H13F.C10H15N/c1-10(2,3)6-4-8(12)9(13)5-7(6)11;1-10(2,3)6-4-7(11)9(13)8(12)5-6;1-10(2,3)7-4-8(11)6-9(12)5-7;1-10(2,3)8-6-7(11)4-5-9(8)12;1-10(2,3)8-5-4-7(11)6-9(8)12;1-10(2,3)7-4-5-8(11)9(12)6-7;1-10(2,3)7-5-4-6-8(11)9(7)12;1-10(2,3)8-4-6-9(11)7-5-8;1-10(2,3)8-5-4-6-9(11)7-8;1-8-5-6-9(11-7-8)10(2,3)4/h2*4-5H,1-3H3;5*4-6H,1-3H3;2*4-7H,1-3H3;5-7H,1-4H3. The first-order valence-corrected chi connectivity index (χ1v) is 38.7. The van der Waals surface area contributed by atoms with Gasteiger partial charge in [-0.25, -0.2) is 79.0 Å². The zero-order valence-electron chi connectivity index (χ0n) is 75.1. The minimum atomic E-state index is -1.41. The van der Waals surface area contributed by atoms with Gasteiger partial charge >= 0.3 is 0 Å². The Morgan fingerprint density at radius 3 is 0.924 bits per heavy atom. The Hall–Kier alpha value is -9.13. The van der Waals surface area contributed by atoms with Crippen molar-refractivity contribution in [3.63, 3.8) is 0 Å². The van der Waals surface area contributed by atoms with E-state index in [9.17, 15) is 79.0 Å². The molecule has 1 aromatic heterocycles. The van der Waals surface area contributed by atoms with Crippen LogP contribution in [0.2, 0.25) is 0 Å². The molecule has 0 saturated carbocycles. The molecule has 119 heavy (non-hydrogen) atoms. The maximum atomic E-state index is 13.1. The van der Waals surface area contributed by atoms with E-state index in [2.05, 4.69) is 86.4 Å². The second-order valence-corrected chi connectivity index (χ2v) is 38.9. The molecule has 0 aliphatic heterocycles. The molecule has 0 aliphatic rings. The van der Waals surface area contributed by atoms with Gasteiger partial charge in [-0.3, -0.25) is 4.98 Å². The van der Waals surface area contributed by atoms with Gasteiger partial charge < -0.3 is 0 Å². The van der Waals surface area contributed by atoms with Crippen LogP contribution >= 0.6 is 0 Å². The van der Waals surface area contributed by atoms with E-state index in [0.717, 1.165) is 71.4 Å². The lowest BCUT2D eigenvalue weighted by molar-refractivity contribution is 0.439. The third-order valence-electron chi connectivity index (χ3n) is 17.5. The molecule has 0 atom stereocenters. The van der Waals surface area contributed by atoms with Crippen LogP contribution < -0.4 is 0 Å². The van der Waals surface area contributed by atoms with E-state index in [1.165, 1.54) is 71.8 Å². The van der Waals surface area contributed by atoms with Gasteiger partial charge in [-0.1, -0.05) is 262 Å². The van der Waals surface area contributed by atoms with Crippen molar-refractivity contribution in [2.24, 2.45) is 0 Å². The van der Waals surface area contributed by atoms with Crippen LogP contribution in [-0.2, 0) is 54.1 Å². The smallest absolute Gasteiger partial charge is 0.194 e. The number of aryl methyl sites for hydroxylation is 1. The Balaban J connectivity index is 0.000000661. The Morgan fingerprint density at radius 1 is 0.185 bits per heavy atom. The normalized spacial score (nSPS) is 11.7. The first-order valence-electron chi connectivity index (χ1n) is 38.7. The van der Waals surface area contributed by atoms with Crippen molar-refractivity contribution in [1.29, 1.82) is 0 Å². The monoisotopic (exact) mass is 1680 g/mol. The van der Waals surface area contributed by atoms with Crippen LogP contribution in [0.4, 0.5) is 79.0 Å². The molecule has 1 nitrogen and oxygen atoms in total. The van der Waals surface area contributed by atoms with Crippen LogP contribution in [0.25, 0.3) is 0 Å². The summed E-state index contributed by atoms with van der Waals surface area (Å²) in [4.78, 5) is 4.35. The highest BCUT2D eigenvalue weighted by Crippen LogP contribution is 2.33. The summed E-state index contributed by atoms with van der Waals surface area (Å²) in [7, 11) is 0. The predicted octanol–water partition coefficient (Wildman–Crippen LogP) is 32.0. The summed E-state index contributed by atoms with van der Waals surface area (Å²) in [5, 5.41) is 0. The summed E-state index contributed by atoms with van der Waals surface area (Å²) in [5.41, 5.74) is 6.24. The fourth-order valence-corrected chi connectivity index (χ4v) is 10.1. The lowest BCUT2D eigenvalue weighted by atomic mass is 9.86. The van der Waals surface area contributed by atoms with Crippen LogP contribution in [0.3, 0.4) is 0 Å². The number of nitrogens with zero attached hydrogens (tertiary/aromatic N) is 1. The van der Waals surface area contributed by atoms with Crippen LogP contribution in [-0.4, -0.2) is 4.98 Å². The lowest BCUT2D eigenvalue weighted by Crippen LogP contribution is -2.14. The minimum Gasteiger partial charge on any atom is -0.260 e. The molecule has 0 N–H and O–H groups in total. The molecule has 654 valence electrons. The molecule has 0 fully saturated rings. The molecule has 0 aliphatic carbocycles. The number of hydrogen-bond acceptors (Lipinski definition) is 1. The topological polar surface area (TPSA) is 12.9 Å². The van der Waals surface area contributed by atoms with Crippen molar-refractivity contribution in [2.45, 2.75) is 269 Å². The van der Waals surface area contributed by atoms with Crippen molar-refractivity contribution in [3.05, 3.63) is 348 Å². The van der Waals surface area contributed by atoms with Gasteiger partial charge in [0.1, 0.15) is 52.4 Å². The highest BCUT2D eigenvalue weighted by atomic mass is 19.2. The van der Waals surface area contributed by atoms with Crippen LogP contribution in [0.1, 0.15) is 269 Å². The van der Waals surface area contributed by atoms with Crippen molar-refractivity contribution in [1.82, 2.24) is 4.98 Å². The molecule has 9 aromatic carbocycles. The Kier molecular flexibility index (Phi) is 40.3. The van der Waals surface area contributed by atoms with Crippen molar-refractivity contribution < 1.29 is 79.0 Å². The number of pyridine rings is 1. The van der Waals surface area contributed by atoms with E-state index >= 15 is 0 Å². The highest BCUT2D eigenvalue weighted by molar-refractivity contribution is 5.32. The van der Waals surface area contributed by atoms with Crippen LogP contribution in [0.15, 0.2) is 182 Å². The van der Waals surface area contributed by atoms with Gasteiger partial charge in [0, 0.05) is 35.5 Å². The Bertz CT molecular complexity index is 4690. The Morgan fingerprint density at radius 2 is 0.538 bits per heavy atom. The molecule has 10 aromatic rings. The van der Waals surface area contributed by atoms with Gasteiger partial charge in [0.25, 0.3) is 0 Å². The first kappa shape index (κ1) is 108. The van der Waals surface area contributed by atoms with Gasteiger partial charge in [-0.2, -0.15) is 0 Å². The lowest BCUT2D eigenvalue weighted by Gasteiger charge is -2.19. The molecule has 0 radical (unpaired) electrons. The number of halogens is 18. The summed E-state index contributed by atoms with van der Waals surface area (Å²) in [6.45, 7) is 60.2. The number of benzene rings is 9. The fourth-order valence-electron chi connectivity index (χ4n) is 10.1. The molecule has 0 saturated heterocycles. The maximum Gasteiger partial charge on any atom is 0.194 e. The van der Waals surface area contributed by atoms with Gasteiger partial charge in [-0.05, 0) is 214 Å². The zero-order valence-corrected chi connectivity index (χ0v) is 75.1. The fraction of sp³-hybridized carbons (Fsp3) is 0.410. The van der Waals surface area contributed by atoms with E-state index in [0.29, 0.717) is 33.9 Å². The molecule has 0 spiro atoms. The molecule has 1 heterocycles. The number of hydrogen-bond donors (Lipinski definition) is 0. The highest BCUT2D eigenvalue weighted by Gasteiger charge is 2.26. The first-order chi connectivity index (χ1) is 53.7. The third-order valence-corrected chi connectivity index (χ3v) is 17.5. The predicted molar refractivity (Wildman–Crippen MR) is 453 cm³/mol. The Labute approximate surface area is 697 Å². The van der Waals surface area contributed by atoms with Crippen LogP contribution in [0.5, 0.6) is 0 Å². The molecule has 19 heteroatoms. The quantitative estimate of drug-likeness (QED) is 0.0838. The third kappa shape index (κ3) is 39.3. The summed E-state index contributed by atoms with van der Waals surface area (Å²) < 4.78 is 230. The molecule has 0 bridgehead atoms. The average molecular weight is 1680 g/mol. The molecule has 0 amide bonds. The summed E-state index contributed by atoms with van der Waals surface area (Å²) in [6, 6.07) is 40.3. The zero-order chi connectivity index (χ0) is 92.7. The molecule has 10 rings (SSSR count). The molecular formula is C100H123F18N. The van der Waals surface area contributed by atoms with E-state index in [-0.39, 0.29) is 77.6 Å². The molecular weight excluding hydrogens is 1560 g/mol. The van der Waals surface area contributed by atoms with E-state index < -0.39 is 86.9 Å². The SMILES string of the molecule is CC(C)(C)c1cc(F)c(F)c(F)c1.CC(C)(C)c1cc(F)c(F)cc1F.CC(C)(C)c1cc(F)cc(F)c1.CC(C)(C)c1cc(F)ccc1F.CC(C)(C)c1ccc(F)c(F)c1.CC(C)(C)c1ccc(F)cc1.CC(C)(C)c1ccc(F)cc1F.CC(C)(C)c1cccc(F)c1.CC(C)(C)c1cccc(F)c1F.Cc1ccc(C(C)(C)C)nc1. The minimum absolute atomic E-state index is 0.0437. The number of rotatable bonds is 0. The summed E-state index contributed by atoms with van der Waals surface area (Å²) in [6.07, 6.45) is 1.92. The maximum absolute atomic E-state index is 13.1. The summed E-state index contributed by atoms with van der Waals surface area (Å²) >= 11 is 0. The van der Waals surface area contributed by atoms with Gasteiger partial charge in [0.15, 0.2) is 52.4 Å². The molecule has 0 unspecified atom stereocenters. The van der Waals surface area contributed by atoms with Crippen molar-refractivity contribution in [2.75, 3.05) is 0 Å². The van der Waals surface area contributed by atoms with Gasteiger partial charge in [-0.15, -0.1) is 0 Å². The largest absolute Gasteiger partial charge is 0.260 e. The van der Waals surface area contributed by atoms with E-state index in [1.54, 1.807) is 65.8 Å². The van der Waals surface area contributed by atoms with Gasteiger partial charge in [0.05, 0.1) is 0 Å². The van der Waals surface area contributed by atoms with Crippen molar-refractivity contribution >= 4 is 0 Å². The number of aromatic nitrogens is 1. The second-order valence-electron chi connectivity index (χ2n) is 38.9. The van der Waals surface area contributed by atoms with Crippen molar-refractivity contribution in [3.8, 4) is 0 Å². The van der Waals surface area contributed by atoms with Crippen LogP contribution in [0, 0.1) is 112 Å².